The van der Waals surface area contributed by atoms with Gasteiger partial charge in [-0.1, -0.05) is 18.2 Å². The molecule has 25 heavy (non-hydrogen) atoms. The number of thioether (sulfide) groups is 1. The van der Waals surface area contributed by atoms with E-state index in [1.54, 1.807) is 48.4 Å². The zero-order valence-electron chi connectivity index (χ0n) is 13.8. The lowest BCUT2D eigenvalue weighted by Crippen LogP contribution is -1.97. The highest BCUT2D eigenvalue weighted by Gasteiger charge is 2.10. The van der Waals surface area contributed by atoms with E-state index in [1.165, 1.54) is 6.26 Å². The summed E-state index contributed by atoms with van der Waals surface area (Å²) in [7, 11) is -3.21. The number of sulfone groups is 1. The Morgan fingerprint density at radius 3 is 2.12 bits per heavy atom. The van der Waals surface area contributed by atoms with E-state index in [0.29, 0.717) is 5.82 Å². The Morgan fingerprint density at radius 2 is 1.56 bits per heavy atom. The van der Waals surface area contributed by atoms with Gasteiger partial charge >= 0.3 is 0 Å². The topological polar surface area (TPSA) is 85.9 Å². The summed E-state index contributed by atoms with van der Waals surface area (Å²) >= 11 is 1.57. The molecule has 3 rings (SSSR count). The van der Waals surface area contributed by atoms with E-state index in [4.69, 9.17) is 5.73 Å². The monoisotopic (exact) mass is 371 g/mol. The Hall–Kier alpha value is -2.38. The van der Waals surface area contributed by atoms with Gasteiger partial charge in [0.05, 0.1) is 9.92 Å². The van der Waals surface area contributed by atoms with Crippen molar-refractivity contribution < 1.29 is 8.42 Å². The molecule has 0 fully saturated rings. The lowest BCUT2D eigenvalue weighted by Gasteiger charge is -2.09. The summed E-state index contributed by atoms with van der Waals surface area (Å²) in [5.74, 6) is 0.426. The van der Waals surface area contributed by atoms with Crippen LogP contribution in [0.4, 0.5) is 5.82 Å². The molecule has 0 unspecified atom stereocenters. The van der Waals surface area contributed by atoms with Crippen LogP contribution in [-0.2, 0) is 9.84 Å². The van der Waals surface area contributed by atoms with Crippen LogP contribution in [-0.4, -0.2) is 30.9 Å². The molecule has 0 saturated heterocycles. The predicted molar refractivity (Wildman–Crippen MR) is 102 cm³/mol. The Bertz CT molecular complexity index is 999. The molecule has 0 amide bonds. The third-order valence-corrected chi connectivity index (χ3v) is 5.58. The van der Waals surface area contributed by atoms with Crippen molar-refractivity contribution in [2.45, 2.75) is 9.92 Å². The van der Waals surface area contributed by atoms with Gasteiger partial charge in [0.2, 0.25) is 0 Å². The van der Waals surface area contributed by atoms with Gasteiger partial charge in [0.15, 0.2) is 9.84 Å². The smallest absolute Gasteiger partial charge is 0.175 e. The summed E-state index contributed by atoms with van der Waals surface area (Å²) < 4.78 is 23.2. The molecule has 7 heteroatoms. The van der Waals surface area contributed by atoms with E-state index in [1.807, 2.05) is 24.5 Å². The number of hydrogen-bond acceptors (Lipinski definition) is 6. The molecule has 128 valence electrons. The van der Waals surface area contributed by atoms with Crippen LogP contribution in [0.15, 0.2) is 64.8 Å². The van der Waals surface area contributed by atoms with E-state index in [9.17, 15) is 8.42 Å². The van der Waals surface area contributed by atoms with Gasteiger partial charge in [0, 0.05) is 35.3 Å². The molecule has 2 aromatic heterocycles. The minimum Gasteiger partial charge on any atom is -0.383 e. The summed E-state index contributed by atoms with van der Waals surface area (Å²) in [6.07, 6.45) is 6.61. The van der Waals surface area contributed by atoms with Gasteiger partial charge < -0.3 is 5.73 Å². The molecule has 0 aliphatic heterocycles. The fourth-order valence-corrected chi connectivity index (χ4v) is 3.41. The number of rotatable bonds is 4. The molecule has 2 heterocycles. The molecule has 2 N–H and O–H groups in total. The molecule has 1 aromatic carbocycles. The molecular weight excluding hydrogens is 354 g/mol. The number of benzene rings is 1. The fraction of sp³-hybridized carbons (Fsp3) is 0.111. The number of nitrogen functional groups attached to an aromatic ring is 1. The number of nitrogens with two attached hydrogens (primary N) is 1. The Kier molecular flexibility index (Phi) is 4.78. The average Bonchev–Trinajstić information content (AvgIpc) is 2.62. The molecular formula is C18H17N3O2S2. The van der Waals surface area contributed by atoms with Gasteiger partial charge in [-0.3, -0.25) is 0 Å². The molecule has 3 aromatic rings. The maximum atomic E-state index is 11.6. The highest BCUT2D eigenvalue weighted by atomic mass is 32.2. The lowest BCUT2D eigenvalue weighted by molar-refractivity contribution is 0.602. The van der Waals surface area contributed by atoms with Gasteiger partial charge in [-0.05, 0) is 36.1 Å². The van der Waals surface area contributed by atoms with Crippen molar-refractivity contribution in [3.05, 3.63) is 54.9 Å². The fourth-order valence-electron chi connectivity index (χ4n) is 2.42. The van der Waals surface area contributed by atoms with Crippen molar-refractivity contribution in [1.29, 1.82) is 0 Å². The van der Waals surface area contributed by atoms with Crippen LogP contribution in [0.5, 0.6) is 0 Å². The summed E-state index contributed by atoms with van der Waals surface area (Å²) in [5, 5.41) is 0.933. The van der Waals surface area contributed by atoms with Crippen LogP contribution in [0, 0.1) is 0 Å². The maximum Gasteiger partial charge on any atom is 0.175 e. The van der Waals surface area contributed by atoms with Crippen molar-refractivity contribution in [3.63, 3.8) is 0 Å². The number of anilines is 1. The number of nitrogens with zero attached hydrogens (tertiary/aromatic N) is 2. The Balaban J connectivity index is 2.01. The molecule has 0 atom stereocenters. The largest absolute Gasteiger partial charge is 0.383 e. The third kappa shape index (κ3) is 3.83. The minimum atomic E-state index is -3.21. The lowest BCUT2D eigenvalue weighted by atomic mass is 10.0. The molecule has 0 saturated carbocycles. The zero-order chi connectivity index (χ0) is 18.0. The molecule has 5 nitrogen and oxygen atoms in total. The van der Waals surface area contributed by atoms with E-state index in [0.717, 1.165) is 27.3 Å². The van der Waals surface area contributed by atoms with Gasteiger partial charge in [-0.2, -0.15) is 0 Å². The second-order valence-corrected chi connectivity index (χ2v) is 8.38. The molecule has 0 aliphatic rings. The van der Waals surface area contributed by atoms with Crippen molar-refractivity contribution in [3.8, 4) is 22.3 Å². The van der Waals surface area contributed by atoms with Gasteiger partial charge in [-0.15, -0.1) is 11.8 Å². The van der Waals surface area contributed by atoms with Gasteiger partial charge in [0.1, 0.15) is 5.82 Å². The van der Waals surface area contributed by atoms with E-state index in [2.05, 4.69) is 9.97 Å². The highest BCUT2D eigenvalue weighted by Crippen LogP contribution is 2.30. The predicted octanol–water partition coefficient (Wildman–Crippen LogP) is 3.52. The van der Waals surface area contributed by atoms with E-state index < -0.39 is 9.84 Å². The first-order valence-electron chi connectivity index (χ1n) is 7.45. The molecule has 0 spiro atoms. The number of hydrogen-bond donors (Lipinski definition) is 1. The Labute approximate surface area is 151 Å². The minimum absolute atomic E-state index is 0.289. The standard InChI is InChI=1S/C18H17N3O2S2/c1-24-17-8-5-13(10-20-17)16-9-14(11-21-18(16)19)12-3-6-15(7-4-12)25(2,22)23/h3-11H,1-2H3,(H2,19,21). The summed E-state index contributed by atoms with van der Waals surface area (Å²) in [6, 6.07) is 12.6. The van der Waals surface area contributed by atoms with Crippen molar-refractivity contribution in [2.75, 3.05) is 18.2 Å². The second-order valence-electron chi connectivity index (χ2n) is 5.54. The highest BCUT2D eigenvalue weighted by molar-refractivity contribution is 7.98. The van der Waals surface area contributed by atoms with Crippen molar-refractivity contribution in [2.24, 2.45) is 0 Å². The summed E-state index contributed by atoms with van der Waals surface area (Å²) in [4.78, 5) is 8.93. The van der Waals surface area contributed by atoms with Crippen molar-refractivity contribution in [1.82, 2.24) is 9.97 Å². The van der Waals surface area contributed by atoms with E-state index >= 15 is 0 Å². The van der Waals surface area contributed by atoms with Gasteiger partial charge in [0.25, 0.3) is 0 Å². The Morgan fingerprint density at radius 1 is 0.920 bits per heavy atom. The van der Waals surface area contributed by atoms with Crippen LogP contribution in [0.1, 0.15) is 0 Å². The number of pyridine rings is 2. The van der Waals surface area contributed by atoms with Crippen LogP contribution < -0.4 is 5.73 Å². The quantitative estimate of drug-likeness (QED) is 0.706. The van der Waals surface area contributed by atoms with Crippen LogP contribution in [0.2, 0.25) is 0 Å². The second kappa shape index (κ2) is 6.85. The van der Waals surface area contributed by atoms with Crippen LogP contribution in [0.3, 0.4) is 0 Å². The molecule has 0 bridgehead atoms. The first-order valence-corrected chi connectivity index (χ1v) is 10.6. The maximum absolute atomic E-state index is 11.6. The zero-order valence-corrected chi connectivity index (χ0v) is 15.4. The SMILES string of the molecule is CSc1ccc(-c2cc(-c3ccc(S(C)(=O)=O)cc3)cnc2N)cn1. The first-order chi connectivity index (χ1) is 11.9. The van der Waals surface area contributed by atoms with E-state index in [-0.39, 0.29) is 4.90 Å². The number of aromatic nitrogens is 2. The normalized spacial score (nSPS) is 11.4. The molecule has 0 radical (unpaired) electrons. The van der Waals surface area contributed by atoms with Crippen LogP contribution in [0.25, 0.3) is 22.3 Å². The third-order valence-electron chi connectivity index (χ3n) is 3.79. The van der Waals surface area contributed by atoms with Crippen LogP contribution >= 0.6 is 11.8 Å². The molecule has 0 aliphatic carbocycles. The summed E-state index contributed by atoms with van der Waals surface area (Å²) in [6.45, 7) is 0. The van der Waals surface area contributed by atoms with Gasteiger partial charge in [-0.25, -0.2) is 18.4 Å². The summed E-state index contributed by atoms with van der Waals surface area (Å²) in [5.41, 5.74) is 9.44. The first kappa shape index (κ1) is 17.4. The average molecular weight is 371 g/mol. The van der Waals surface area contributed by atoms with Crippen molar-refractivity contribution >= 4 is 27.4 Å².